The van der Waals surface area contributed by atoms with Crippen molar-refractivity contribution >= 4 is 0 Å². The molecule has 0 amide bonds. The SMILES string of the molecule is Cc1[c-]ccc(C23CCC(C)(CO2)CO3)c1C.[Li+]. The fourth-order valence-electron chi connectivity index (χ4n) is 2.81. The topological polar surface area (TPSA) is 18.5 Å². The number of benzene rings is 1. The van der Waals surface area contributed by atoms with Gasteiger partial charge in [-0.1, -0.05) is 26.3 Å². The van der Waals surface area contributed by atoms with Crippen LogP contribution in [0.3, 0.4) is 0 Å². The molecule has 0 unspecified atom stereocenters. The molecule has 3 heterocycles. The zero-order chi connectivity index (χ0) is 12.1. The van der Waals surface area contributed by atoms with Crippen molar-refractivity contribution in [3.05, 3.63) is 34.9 Å². The fourth-order valence-corrected chi connectivity index (χ4v) is 2.81. The first-order valence-electron chi connectivity index (χ1n) is 6.31. The van der Waals surface area contributed by atoms with Crippen molar-refractivity contribution in [2.45, 2.75) is 39.4 Å². The van der Waals surface area contributed by atoms with Crippen molar-refractivity contribution in [3.8, 4) is 0 Å². The van der Waals surface area contributed by atoms with E-state index in [0.717, 1.165) is 19.6 Å². The van der Waals surface area contributed by atoms with Gasteiger partial charge in [-0.05, 0) is 6.42 Å². The van der Waals surface area contributed by atoms with Crippen LogP contribution in [0.2, 0.25) is 0 Å². The van der Waals surface area contributed by atoms with Gasteiger partial charge in [0.05, 0.1) is 13.2 Å². The van der Waals surface area contributed by atoms with Crippen molar-refractivity contribution in [1.29, 1.82) is 0 Å². The van der Waals surface area contributed by atoms with E-state index in [1.165, 1.54) is 23.1 Å². The van der Waals surface area contributed by atoms with Gasteiger partial charge in [0.15, 0.2) is 5.79 Å². The zero-order valence-electron chi connectivity index (χ0n) is 11.8. The Kier molecular flexibility index (Phi) is 3.69. The Labute approximate surface area is 121 Å². The molecule has 2 bridgehead atoms. The van der Waals surface area contributed by atoms with Crippen LogP contribution in [0.25, 0.3) is 0 Å². The Morgan fingerprint density at radius 3 is 2.39 bits per heavy atom. The number of hydrogen-bond acceptors (Lipinski definition) is 2. The smallest absolute Gasteiger partial charge is 0.347 e. The van der Waals surface area contributed by atoms with Gasteiger partial charge in [-0.2, -0.15) is 23.8 Å². The summed E-state index contributed by atoms with van der Waals surface area (Å²) in [4.78, 5) is 0. The van der Waals surface area contributed by atoms with E-state index in [1.807, 2.05) is 6.07 Å². The molecule has 3 aliphatic heterocycles. The molecular weight excluding hydrogens is 219 g/mol. The molecule has 0 spiro atoms. The minimum absolute atomic E-state index is 0. The molecule has 1 aromatic carbocycles. The van der Waals surface area contributed by atoms with Crippen molar-refractivity contribution < 1.29 is 28.3 Å². The van der Waals surface area contributed by atoms with Crippen LogP contribution in [-0.2, 0) is 15.3 Å². The molecule has 18 heavy (non-hydrogen) atoms. The van der Waals surface area contributed by atoms with E-state index >= 15 is 0 Å². The number of hydrogen-bond donors (Lipinski definition) is 0. The first-order chi connectivity index (χ1) is 8.05. The molecule has 3 aliphatic rings. The van der Waals surface area contributed by atoms with E-state index in [0.29, 0.717) is 0 Å². The Morgan fingerprint density at radius 2 is 1.83 bits per heavy atom. The van der Waals surface area contributed by atoms with Crippen LogP contribution in [0.1, 0.15) is 36.5 Å². The molecule has 92 valence electrons. The van der Waals surface area contributed by atoms with E-state index < -0.39 is 5.79 Å². The van der Waals surface area contributed by atoms with Gasteiger partial charge >= 0.3 is 18.9 Å². The summed E-state index contributed by atoms with van der Waals surface area (Å²) in [5, 5.41) is 0. The standard InChI is InChI=1S/C15H19O2.Li/c1-11-5-4-6-13(12(11)2)15-8-7-14(3,9-16-15)10-17-15;/h4,6H,7-10H2,1-3H3;/q-1;+1. The maximum atomic E-state index is 6.05. The maximum Gasteiger partial charge on any atom is 1.00 e. The Bertz CT molecular complexity index is 431. The average Bonchev–Trinajstić information content (AvgIpc) is 2.34. The van der Waals surface area contributed by atoms with Gasteiger partial charge in [-0.3, -0.25) is 0 Å². The number of fused-ring (bicyclic) bond motifs is 3. The van der Waals surface area contributed by atoms with Crippen molar-refractivity contribution in [2.24, 2.45) is 5.41 Å². The van der Waals surface area contributed by atoms with Gasteiger partial charge in [-0.25, -0.2) is 0 Å². The van der Waals surface area contributed by atoms with Gasteiger partial charge in [0.1, 0.15) is 0 Å². The predicted octanol–water partition coefficient (Wildman–Crippen LogP) is 0.107. The third-order valence-electron chi connectivity index (χ3n) is 4.29. The molecule has 0 atom stereocenters. The third-order valence-corrected chi connectivity index (χ3v) is 4.29. The molecule has 3 fully saturated rings. The van der Waals surface area contributed by atoms with E-state index in [2.05, 4.69) is 32.9 Å². The Morgan fingerprint density at radius 1 is 1.17 bits per heavy atom. The molecule has 0 saturated carbocycles. The fraction of sp³-hybridized carbons (Fsp3) is 0.600. The van der Waals surface area contributed by atoms with Crippen LogP contribution in [0.4, 0.5) is 0 Å². The van der Waals surface area contributed by atoms with Crippen LogP contribution < -0.4 is 18.9 Å². The van der Waals surface area contributed by atoms with Gasteiger partial charge in [0, 0.05) is 11.8 Å². The normalized spacial score (nSPS) is 34.2. The molecule has 1 aromatic rings. The molecule has 0 radical (unpaired) electrons. The van der Waals surface area contributed by atoms with Gasteiger partial charge in [0.25, 0.3) is 0 Å². The van der Waals surface area contributed by atoms with Crippen LogP contribution in [0, 0.1) is 25.3 Å². The quantitative estimate of drug-likeness (QED) is 0.510. The van der Waals surface area contributed by atoms with Crippen LogP contribution in [-0.4, -0.2) is 13.2 Å². The Hall–Kier alpha value is -0.263. The molecule has 3 heteroatoms. The second kappa shape index (κ2) is 4.69. The molecular formula is C15H19LiO2. The largest absolute Gasteiger partial charge is 1.00 e. The number of aryl methyl sites for hydroxylation is 1. The molecule has 4 rings (SSSR count). The molecule has 0 aromatic heterocycles. The molecule has 0 aliphatic carbocycles. The van der Waals surface area contributed by atoms with Crippen molar-refractivity contribution in [1.82, 2.24) is 0 Å². The minimum atomic E-state index is -0.484. The van der Waals surface area contributed by atoms with Crippen LogP contribution in [0.15, 0.2) is 12.1 Å². The van der Waals surface area contributed by atoms with Crippen molar-refractivity contribution in [2.75, 3.05) is 13.2 Å². The Balaban J connectivity index is 0.00000120. The summed E-state index contributed by atoms with van der Waals surface area (Å²) in [5.74, 6) is -0.484. The van der Waals surface area contributed by atoms with E-state index in [4.69, 9.17) is 9.47 Å². The van der Waals surface area contributed by atoms with E-state index in [9.17, 15) is 0 Å². The molecule has 0 N–H and O–H groups in total. The molecule has 2 nitrogen and oxygen atoms in total. The summed E-state index contributed by atoms with van der Waals surface area (Å²) in [5.41, 5.74) is 3.85. The summed E-state index contributed by atoms with van der Waals surface area (Å²) < 4.78 is 12.1. The van der Waals surface area contributed by atoms with Crippen LogP contribution >= 0.6 is 0 Å². The second-order valence-electron chi connectivity index (χ2n) is 5.78. The number of rotatable bonds is 1. The second-order valence-corrected chi connectivity index (χ2v) is 5.78. The van der Waals surface area contributed by atoms with Gasteiger partial charge in [-0.15, -0.1) is 5.56 Å². The zero-order valence-corrected chi connectivity index (χ0v) is 11.8. The van der Waals surface area contributed by atoms with Gasteiger partial charge < -0.3 is 9.47 Å². The van der Waals surface area contributed by atoms with E-state index in [1.54, 1.807) is 0 Å². The first-order valence-corrected chi connectivity index (χ1v) is 6.31. The minimum Gasteiger partial charge on any atom is -0.347 e. The monoisotopic (exact) mass is 238 g/mol. The number of ether oxygens (including phenoxy) is 2. The van der Waals surface area contributed by atoms with Crippen molar-refractivity contribution in [3.63, 3.8) is 0 Å². The summed E-state index contributed by atoms with van der Waals surface area (Å²) in [6.45, 7) is 8.08. The first kappa shape index (κ1) is 14.2. The summed E-state index contributed by atoms with van der Waals surface area (Å²) in [7, 11) is 0. The molecule has 3 saturated heterocycles. The van der Waals surface area contributed by atoms with Crippen LogP contribution in [0.5, 0.6) is 0 Å². The van der Waals surface area contributed by atoms with Gasteiger partial charge in [0.2, 0.25) is 0 Å². The van der Waals surface area contributed by atoms with E-state index in [-0.39, 0.29) is 24.3 Å². The maximum absolute atomic E-state index is 6.05. The summed E-state index contributed by atoms with van der Waals surface area (Å²) >= 11 is 0. The summed E-state index contributed by atoms with van der Waals surface area (Å²) in [6.07, 6.45) is 2.15. The predicted molar refractivity (Wildman–Crippen MR) is 65.7 cm³/mol. The average molecular weight is 238 g/mol. The third kappa shape index (κ3) is 2.06. The summed E-state index contributed by atoms with van der Waals surface area (Å²) in [6, 6.07) is 7.30.